The third kappa shape index (κ3) is 3.16. The van der Waals surface area contributed by atoms with E-state index in [9.17, 15) is 4.79 Å². The molecule has 3 nitrogen and oxygen atoms in total. The Morgan fingerprint density at radius 3 is 2.82 bits per heavy atom. The normalized spacial score (nSPS) is 14.5. The molecule has 0 saturated carbocycles. The van der Waals surface area contributed by atoms with Crippen LogP contribution in [0.2, 0.25) is 0 Å². The number of hydrogen-bond donors (Lipinski definition) is 2. The zero-order valence-electron chi connectivity index (χ0n) is 10.7. The molecule has 0 unspecified atom stereocenters. The van der Waals surface area contributed by atoms with Crippen molar-refractivity contribution in [3.63, 3.8) is 0 Å². The maximum atomic E-state index is 11.7. The number of rotatable bonds is 2. The van der Waals surface area contributed by atoms with Crippen molar-refractivity contribution in [2.24, 2.45) is 0 Å². The zero-order valence-corrected chi connectivity index (χ0v) is 11.6. The standard InChI is InChI=1S/C11H14N2OS.C2H6/c1-2-4-8-7-13-6-3-5-9(13)10(14)12-11(8)15;1-2/h3,5-6,15H,2,4,7H2,1H3,(H,12,14);1-2H3. The van der Waals surface area contributed by atoms with E-state index in [1.54, 1.807) is 0 Å². The smallest absolute Gasteiger partial charge is 0.272 e. The molecule has 1 N–H and O–H groups in total. The second-order valence-electron chi connectivity index (χ2n) is 3.68. The van der Waals surface area contributed by atoms with Crippen LogP contribution in [0.4, 0.5) is 0 Å². The van der Waals surface area contributed by atoms with Gasteiger partial charge in [-0.05, 0) is 24.1 Å². The maximum Gasteiger partial charge on any atom is 0.272 e. The van der Waals surface area contributed by atoms with E-state index in [1.165, 1.54) is 5.57 Å². The van der Waals surface area contributed by atoms with Crippen molar-refractivity contribution in [2.45, 2.75) is 40.2 Å². The van der Waals surface area contributed by atoms with Gasteiger partial charge in [-0.15, -0.1) is 12.6 Å². The lowest BCUT2D eigenvalue weighted by Gasteiger charge is -2.07. The molecule has 2 heterocycles. The van der Waals surface area contributed by atoms with Crippen LogP contribution in [-0.2, 0) is 6.54 Å². The van der Waals surface area contributed by atoms with Crippen molar-refractivity contribution in [2.75, 3.05) is 0 Å². The van der Waals surface area contributed by atoms with Gasteiger partial charge in [-0.25, -0.2) is 0 Å². The molecule has 0 spiro atoms. The van der Waals surface area contributed by atoms with E-state index >= 15 is 0 Å². The molecule has 17 heavy (non-hydrogen) atoms. The summed E-state index contributed by atoms with van der Waals surface area (Å²) in [6.45, 7) is 6.88. The second kappa shape index (κ2) is 6.55. The molecule has 94 valence electrons. The SMILES string of the molecule is CC.CCCC1=C(S)NC(=O)c2cccn2C1. The van der Waals surface area contributed by atoms with E-state index < -0.39 is 0 Å². The predicted molar refractivity (Wildman–Crippen MR) is 74.2 cm³/mol. The summed E-state index contributed by atoms with van der Waals surface area (Å²) in [6, 6.07) is 3.72. The molecule has 0 aliphatic carbocycles. The molecule has 2 rings (SSSR count). The van der Waals surface area contributed by atoms with Crippen LogP contribution in [0.15, 0.2) is 28.9 Å². The lowest BCUT2D eigenvalue weighted by molar-refractivity contribution is 0.0962. The number of thiol groups is 1. The summed E-state index contributed by atoms with van der Waals surface area (Å²) < 4.78 is 1.96. The van der Waals surface area contributed by atoms with Crippen LogP contribution >= 0.6 is 12.6 Å². The molecule has 0 radical (unpaired) electrons. The van der Waals surface area contributed by atoms with Gasteiger partial charge in [0, 0.05) is 12.7 Å². The number of allylic oxidation sites excluding steroid dienone is 1. The van der Waals surface area contributed by atoms with E-state index in [4.69, 9.17) is 0 Å². The summed E-state index contributed by atoms with van der Waals surface area (Å²) in [5.74, 6) is -0.0731. The molecule has 1 aromatic heterocycles. The summed E-state index contributed by atoms with van der Waals surface area (Å²) >= 11 is 4.33. The minimum atomic E-state index is -0.0731. The van der Waals surface area contributed by atoms with Crippen molar-refractivity contribution in [1.29, 1.82) is 0 Å². The number of nitrogens with one attached hydrogen (secondary N) is 1. The molecule has 1 aromatic rings. The Labute approximate surface area is 108 Å². The largest absolute Gasteiger partial charge is 0.339 e. The van der Waals surface area contributed by atoms with Crippen LogP contribution in [-0.4, -0.2) is 10.5 Å². The summed E-state index contributed by atoms with van der Waals surface area (Å²) in [6.07, 6.45) is 3.96. The Bertz CT molecular complexity index is 421. The Hall–Kier alpha value is -1.16. The third-order valence-corrected chi connectivity index (χ3v) is 2.97. The number of carbonyl (C=O) groups excluding carboxylic acids is 1. The van der Waals surface area contributed by atoms with Gasteiger partial charge in [0.2, 0.25) is 0 Å². The number of nitrogens with zero attached hydrogens (tertiary/aromatic N) is 1. The monoisotopic (exact) mass is 252 g/mol. The predicted octanol–water partition coefficient (Wildman–Crippen LogP) is 3.20. The van der Waals surface area contributed by atoms with Crippen LogP contribution < -0.4 is 5.32 Å². The van der Waals surface area contributed by atoms with Crippen molar-refractivity contribution < 1.29 is 4.79 Å². The van der Waals surface area contributed by atoms with Gasteiger partial charge in [0.25, 0.3) is 5.91 Å². The fraction of sp³-hybridized carbons (Fsp3) is 0.462. The summed E-state index contributed by atoms with van der Waals surface area (Å²) in [7, 11) is 0. The first-order valence-electron chi connectivity index (χ1n) is 6.10. The maximum absolute atomic E-state index is 11.7. The number of hydrogen-bond acceptors (Lipinski definition) is 2. The molecule has 0 fully saturated rings. The minimum absolute atomic E-state index is 0.0731. The first-order valence-corrected chi connectivity index (χ1v) is 6.54. The lowest BCUT2D eigenvalue weighted by atomic mass is 10.1. The number of carbonyl (C=O) groups is 1. The molecule has 0 aromatic carbocycles. The van der Waals surface area contributed by atoms with Gasteiger partial charge in [0.05, 0.1) is 5.03 Å². The highest BCUT2D eigenvalue weighted by atomic mass is 32.1. The second-order valence-corrected chi connectivity index (χ2v) is 4.12. The molecule has 0 bridgehead atoms. The molecule has 0 atom stereocenters. The van der Waals surface area contributed by atoms with E-state index in [-0.39, 0.29) is 5.91 Å². The van der Waals surface area contributed by atoms with Crippen LogP contribution in [0.25, 0.3) is 0 Å². The van der Waals surface area contributed by atoms with Gasteiger partial charge in [0.15, 0.2) is 0 Å². The van der Waals surface area contributed by atoms with Gasteiger partial charge in [-0.2, -0.15) is 0 Å². The minimum Gasteiger partial charge on any atom is -0.339 e. The van der Waals surface area contributed by atoms with Crippen LogP contribution in [0.5, 0.6) is 0 Å². The van der Waals surface area contributed by atoms with Crippen molar-refractivity contribution in [3.8, 4) is 0 Å². The molecule has 4 heteroatoms. The Balaban J connectivity index is 0.000000686. The quantitative estimate of drug-likeness (QED) is 0.779. The number of amides is 1. The van der Waals surface area contributed by atoms with Gasteiger partial charge in [-0.1, -0.05) is 27.2 Å². The Morgan fingerprint density at radius 2 is 2.18 bits per heavy atom. The Morgan fingerprint density at radius 1 is 1.47 bits per heavy atom. The summed E-state index contributed by atoms with van der Waals surface area (Å²) in [5.41, 5.74) is 1.89. The van der Waals surface area contributed by atoms with Crippen LogP contribution in [0.1, 0.15) is 44.1 Å². The number of fused-ring (bicyclic) bond motifs is 1. The van der Waals surface area contributed by atoms with Crippen molar-refractivity contribution >= 4 is 18.5 Å². The molecule has 1 aliphatic heterocycles. The van der Waals surface area contributed by atoms with Crippen LogP contribution in [0.3, 0.4) is 0 Å². The first kappa shape index (κ1) is 13.9. The Kier molecular flexibility index (Phi) is 5.35. The fourth-order valence-corrected chi connectivity index (χ4v) is 2.08. The van der Waals surface area contributed by atoms with E-state index in [0.29, 0.717) is 10.7 Å². The average molecular weight is 252 g/mol. The zero-order chi connectivity index (χ0) is 12.8. The molecular formula is C13H20N2OS. The van der Waals surface area contributed by atoms with Gasteiger partial charge in [-0.3, -0.25) is 4.79 Å². The number of aromatic nitrogens is 1. The lowest BCUT2D eigenvalue weighted by Crippen LogP contribution is -2.20. The van der Waals surface area contributed by atoms with E-state index in [1.807, 2.05) is 36.7 Å². The highest BCUT2D eigenvalue weighted by molar-refractivity contribution is 7.84. The third-order valence-electron chi connectivity index (χ3n) is 2.54. The van der Waals surface area contributed by atoms with Gasteiger partial charge >= 0.3 is 0 Å². The topological polar surface area (TPSA) is 34.0 Å². The molecule has 0 saturated heterocycles. The van der Waals surface area contributed by atoms with Gasteiger partial charge < -0.3 is 9.88 Å². The van der Waals surface area contributed by atoms with E-state index in [0.717, 1.165) is 19.4 Å². The van der Waals surface area contributed by atoms with Crippen molar-refractivity contribution in [1.82, 2.24) is 9.88 Å². The average Bonchev–Trinajstić information content (AvgIpc) is 2.75. The summed E-state index contributed by atoms with van der Waals surface area (Å²) in [5, 5.41) is 3.52. The molecule has 1 amide bonds. The van der Waals surface area contributed by atoms with E-state index in [2.05, 4.69) is 24.9 Å². The summed E-state index contributed by atoms with van der Waals surface area (Å²) in [4.78, 5) is 11.7. The fourth-order valence-electron chi connectivity index (χ4n) is 1.80. The molecular weight excluding hydrogens is 232 g/mol. The van der Waals surface area contributed by atoms with Gasteiger partial charge in [0.1, 0.15) is 5.69 Å². The molecule has 1 aliphatic rings. The highest BCUT2D eigenvalue weighted by Crippen LogP contribution is 2.20. The first-order chi connectivity index (χ1) is 8.22. The van der Waals surface area contributed by atoms with Crippen LogP contribution in [0, 0.1) is 0 Å². The van der Waals surface area contributed by atoms with Crippen molar-refractivity contribution in [3.05, 3.63) is 34.6 Å². The highest BCUT2D eigenvalue weighted by Gasteiger charge is 2.18.